The summed E-state index contributed by atoms with van der Waals surface area (Å²) >= 11 is 1.78. The van der Waals surface area contributed by atoms with Crippen LogP contribution in [0.25, 0.3) is 0 Å². The Hall–Kier alpha value is -1.33. The first-order valence-electron chi connectivity index (χ1n) is 8.20. The van der Waals surface area contributed by atoms with E-state index in [9.17, 15) is 0 Å². The van der Waals surface area contributed by atoms with Gasteiger partial charge in [0.25, 0.3) is 0 Å². The molecule has 1 saturated carbocycles. The molecule has 5 heteroatoms. The summed E-state index contributed by atoms with van der Waals surface area (Å²) in [5.74, 6) is 2.25. The lowest BCUT2D eigenvalue weighted by Crippen LogP contribution is -2.31. The van der Waals surface area contributed by atoms with Crippen LogP contribution in [0, 0.1) is 0 Å². The van der Waals surface area contributed by atoms with Gasteiger partial charge in [-0.1, -0.05) is 13.8 Å². The van der Waals surface area contributed by atoms with E-state index >= 15 is 0 Å². The summed E-state index contributed by atoms with van der Waals surface area (Å²) in [5.41, 5.74) is 3.77. The molecule has 0 radical (unpaired) electrons. The molecule has 4 nitrogen and oxygen atoms in total. The van der Waals surface area contributed by atoms with Gasteiger partial charge in [0.15, 0.2) is 0 Å². The van der Waals surface area contributed by atoms with Crippen LogP contribution in [0.15, 0.2) is 11.6 Å². The smallest absolute Gasteiger partial charge is 0.131 e. The van der Waals surface area contributed by atoms with E-state index in [-0.39, 0.29) is 0 Å². The van der Waals surface area contributed by atoms with Gasteiger partial charge in [-0.3, -0.25) is 4.90 Å². The number of thiazole rings is 1. The van der Waals surface area contributed by atoms with Gasteiger partial charge in [0.2, 0.25) is 0 Å². The zero-order valence-corrected chi connectivity index (χ0v) is 14.1. The van der Waals surface area contributed by atoms with Gasteiger partial charge in [0.1, 0.15) is 5.82 Å². The third-order valence-corrected chi connectivity index (χ3v) is 5.62. The van der Waals surface area contributed by atoms with Crippen LogP contribution >= 0.6 is 11.3 Å². The zero-order valence-electron chi connectivity index (χ0n) is 13.2. The van der Waals surface area contributed by atoms with E-state index in [2.05, 4.69) is 35.3 Å². The minimum Gasteiger partial charge on any atom is -0.293 e. The number of hydrogen-bond donors (Lipinski definition) is 0. The van der Waals surface area contributed by atoms with Crippen LogP contribution in [-0.4, -0.2) is 26.4 Å². The molecule has 0 atom stereocenters. The second-order valence-electron chi connectivity index (χ2n) is 6.77. The molecular weight excluding hydrogens is 292 g/mol. The third-order valence-electron chi connectivity index (χ3n) is 4.42. The van der Waals surface area contributed by atoms with Crippen molar-refractivity contribution in [1.82, 2.24) is 19.9 Å². The van der Waals surface area contributed by atoms with Gasteiger partial charge in [0.05, 0.1) is 10.7 Å². The Morgan fingerprint density at radius 1 is 1.32 bits per heavy atom. The standard InChI is InChI=1S/C17H22N4S/c1-11(2)17-19-14(10-22-17)9-21-6-5-15-13(8-21)7-18-16(20-15)12-3-4-12/h7,10-12H,3-6,8-9H2,1-2H3. The van der Waals surface area contributed by atoms with Crippen molar-refractivity contribution >= 4 is 11.3 Å². The topological polar surface area (TPSA) is 41.9 Å². The van der Waals surface area contributed by atoms with Gasteiger partial charge in [-0.05, 0) is 12.8 Å². The van der Waals surface area contributed by atoms with Crippen molar-refractivity contribution in [2.24, 2.45) is 0 Å². The highest BCUT2D eigenvalue weighted by molar-refractivity contribution is 7.09. The number of fused-ring (bicyclic) bond motifs is 1. The van der Waals surface area contributed by atoms with E-state index in [0.717, 1.165) is 31.9 Å². The zero-order chi connectivity index (χ0) is 15.1. The van der Waals surface area contributed by atoms with Gasteiger partial charge in [-0.15, -0.1) is 11.3 Å². The lowest BCUT2D eigenvalue weighted by atomic mass is 10.1. The molecule has 1 aliphatic carbocycles. The van der Waals surface area contributed by atoms with Gasteiger partial charge in [0, 0.05) is 60.7 Å². The lowest BCUT2D eigenvalue weighted by molar-refractivity contribution is 0.240. The molecule has 2 aromatic heterocycles. The summed E-state index contributed by atoms with van der Waals surface area (Å²) in [6, 6.07) is 0. The SMILES string of the molecule is CC(C)c1nc(CN2CCc3nc(C4CC4)ncc3C2)cs1. The van der Waals surface area contributed by atoms with Crippen LogP contribution in [0.2, 0.25) is 0 Å². The molecule has 2 aromatic rings. The van der Waals surface area contributed by atoms with E-state index in [1.807, 2.05) is 0 Å². The first-order valence-corrected chi connectivity index (χ1v) is 9.08. The Balaban J connectivity index is 1.44. The van der Waals surface area contributed by atoms with Crippen molar-refractivity contribution in [2.45, 2.75) is 58.0 Å². The van der Waals surface area contributed by atoms with Crippen molar-refractivity contribution in [3.05, 3.63) is 39.4 Å². The maximum Gasteiger partial charge on any atom is 0.131 e. The van der Waals surface area contributed by atoms with Crippen LogP contribution in [0.5, 0.6) is 0 Å². The Labute approximate surface area is 135 Å². The largest absolute Gasteiger partial charge is 0.293 e. The molecule has 116 valence electrons. The first kappa shape index (κ1) is 14.3. The van der Waals surface area contributed by atoms with Crippen molar-refractivity contribution in [2.75, 3.05) is 6.54 Å². The molecule has 0 N–H and O–H groups in total. The number of rotatable bonds is 4. The van der Waals surface area contributed by atoms with Crippen LogP contribution in [0.4, 0.5) is 0 Å². The highest BCUT2D eigenvalue weighted by Gasteiger charge is 2.28. The summed E-state index contributed by atoms with van der Waals surface area (Å²) < 4.78 is 0. The Bertz CT molecular complexity index is 675. The van der Waals surface area contributed by atoms with Crippen molar-refractivity contribution in [3.63, 3.8) is 0 Å². The molecular formula is C17H22N4S. The fraction of sp³-hybridized carbons (Fsp3) is 0.588. The molecule has 4 rings (SSSR count). The Kier molecular flexibility index (Phi) is 3.70. The summed E-state index contributed by atoms with van der Waals surface area (Å²) in [6.07, 6.45) is 5.64. The summed E-state index contributed by atoms with van der Waals surface area (Å²) in [5, 5.41) is 3.45. The van der Waals surface area contributed by atoms with Gasteiger partial charge in [-0.25, -0.2) is 15.0 Å². The van der Waals surface area contributed by atoms with E-state index in [0.29, 0.717) is 11.8 Å². The summed E-state index contributed by atoms with van der Waals surface area (Å²) in [7, 11) is 0. The molecule has 0 unspecified atom stereocenters. The predicted molar refractivity (Wildman–Crippen MR) is 88.0 cm³/mol. The minimum atomic E-state index is 0.523. The first-order chi connectivity index (χ1) is 10.7. The molecule has 2 aliphatic rings. The molecule has 0 saturated heterocycles. The van der Waals surface area contributed by atoms with E-state index < -0.39 is 0 Å². The summed E-state index contributed by atoms with van der Waals surface area (Å²) in [4.78, 5) is 16.6. The Morgan fingerprint density at radius 3 is 2.91 bits per heavy atom. The maximum atomic E-state index is 4.79. The Morgan fingerprint density at radius 2 is 2.18 bits per heavy atom. The molecule has 1 aliphatic heterocycles. The average Bonchev–Trinajstić information content (AvgIpc) is 3.26. The molecule has 1 fully saturated rings. The minimum absolute atomic E-state index is 0.523. The monoisotopic (exact) mass is 314 g/mol. The lowest BCUT2D eigenvalue weighted by Gasteiger charge is -2.27. The fourth-order valence-electron chi connectivity index (χ4n) is 2.95. The maximum absolute atomic E-state index is 4.79. The van der Waals surface area contributed by atoms with Crippen LogP contribution in [0.3, 0.4) is 0 Å². The highest BCUT2D eigenvalue weighted by atomic mass is 32.1. The molecule has 0 bridgehead atoms. The predicted octanol–water partition coefficient (Wildman–Crippen LogP) is 3.49. The van der Waals surface area contributed by atoms with Gasteiger partial charge in [-0.2, -0.15) is 0 Å². The van der Waals surface area contributed by atoms with E-state index in [1.165, 1.54) is 34.8 Å². The van der Waals surface area contributed by atoms with Crippen LogP contribution in [-0.2, 0) is 19.5 Å². The van der Waals surface area contributed by atoms with E-state index in [1.54, 1.807) is 11.3 Å². The molecule has 0 aromatic carbocycles. The highest BCUT2D eigenvalue weighted by Crippen LogP contribution is 2.38. The normalized spacial score (nSPS) is 18.7. The van der Waals surface area contributed by atoms with E-state index in [4.69, 9.17) is 9.97 Å². The van der Waals surface area contributed by atoms with Crippen molar-refractivity contribution in [1.29, 1.82) is 0 Å². The molecule has 3 heterocycles. The van der Waals surface area contributed by atoms with Crippen LogP contribution in [0.1, 0.15) is 66.3 Å². The number of nitrogens with zero attached hydrogens (tertiary/aromatic N) is 4. The fourth-order valence-corrected chi connectivity index (χ4v) is 3.78. The van der Waals surface area contributed by atoms with Crippen LogP contribution < -0.4 is 0 Å². The number of aromatic nitrogens is 3. The second kappa shape index (κ2) is 5.70. The molecule has 22 heavy (non-hydrogen) atoms. The van der Waals surface area contributed by atoms with Gasteiger partial charge < -0.3 is 0 Å². The van der Waals surface area contributed by atoms with Crippen molar-refractivity contribution in [3.8, 4) is 0 Å². The molecule has 0 amide bonds. The molecule has 0 spiro atoms. The second-order valence-corrected chi connectivity index (χ2v) is 7.66. The average molecular weight is 314 g/mol. The third kappa shape index (κ3) is 2.92. The number of hydrogen-bond acceptors (Lipinski definition) is 5. The summed E-state index contributed by atoms with van der Waals surface area (Å²) in [6.45, 7) is 7.37. The van der Waals surface area contributed by atoms with Gasteiger partial charge >= 0.3 is 0 Å². The quantitative estimate of drug-likeness (QED) is 0.866. The van der Waals surface area contributed by atoms with Crippen molar-refractivity contribution < 1.29 is 0 Å².